The molecule has 0 radical (unpaired) electrons. The van der Waals surface area contributed by atoms with Crippen LogP contribution in [0.5, 0.6) is 17.2 Å². The highest BCUT2D eigenvalue weighted by Gasteiger charge is 2.16. The quantitative estimate of drug-likeness (QED) is 0.756. The summed E-state index contributed by atoms with van der Waals surface area (Å²) in [5, 5.41) is 20.0. The second kappa shape index (κ2) is 4.86. The van der Waals surface area contributed by atoms with Gasteiger partial charge in [-0.1, -0.05) is 12.1 Å². The lowest BCUT2D eigenvalue weighted by atomic mass is 10.1. The van der Waals surface area contributed by atoms with Gasteiger partial charge in [-0.3, -0.25) is 4.79 Å². The molecule has 1 heterocycles. The predicted octanol–water partition coefficient (Wildman–Crippen LogP) is 2.88. The number of hydrogen-bond donors (Lipinski definition) is 2. The smallest absolute Gasteiger partial charge is 0.197 e. The molecule has 0 aliphatic rings. The maximum Gasteiger partial charge on any atom is 0.197 e. The number of phenolic OH excluding ortho intramolecular Hbond substituents is 2. The first-order valence-corrected chi connectivity index (χ1v) is 6.24. The van der Waals surface area contributed by atoms with Gasteiger partial charge in [-0.05, 0) is 24.3 Å². The van der Waals surface area contributed by atoms with Gasteiger partial charge in [0.15, 0.2) is 5.43 Å². The third-order valence-electron chi connectivity index (χ3n) is 3.20. The van der Waals surface area contributed by atoms with Gasteiger partial charge in [-0.2, -0.15) is 0 Å². The molecule has 0 unspecified atom stereocenters. The van der Waals surface area contributed by atoms with Crippen molar-refractivity contribution < 1.29 is 19.4 Å². The van der Waals surface area contributed by atoms with E-state index >= 15 is 0 Å². The van der Waals surface area contributed by atoms with E-state index in [1.165, 1.54) is 31.4 Å². The van der Waals surface area contributed by atoms with Crippen molar-refractivity contribution >= 4 is 11.0 Å². The molecule has 0 saturated carbocycles. The summed E-state index contributed by atoms with van der Waals surface area (Å²) in [5.74, 6) is 0.173. The minimum atomic E-state index is -0.314. The molecule has 0 bridgehead atoms. The van der Waals surface area contributed by atoms with Crippen LogP contribution in [0, 0.1) is 0 Å². The molecule has 0 aliphatic heterocycles. The van der Waals surface area contributed by atoms with Gasteiger partial charge < -0.3 is 19.4 Å². The summed E-state index contributed by atoms with van der Waals surface area (Å²) in [6.45, 7) is 0. The largest absolute Gasteiger partial charge is 0.507 e. The average Bonchev–Trinajstić information content (AvgIpc) is 2.46. The van der Waals surface area contributed by atoms with Crippen LogP contribution in [-0.2, 0) is 0 Å². The second-order valence-corrected chi connectivity index (χ2v) is 4.48. The molecular weight excluding hydrogens is 272 g/mol. The van der Waals surface area contributed by atoms with E-state index in [2.05, 4.69) is 0 Å². The van der Waals surface area contributed by atoms with E-state index < -0.39 is 0 Å². The van der Waals surface area contributed by atoms with Gasteiger partial charge in [0.1, 0.15) is 39.5 Å². The SMILES string of the molecule is COc1cccc2oc(-c3c(O)cccc3O)cc(=O)c12. The van der Waals surface area contributed by atoms with Crippen molar-refractivity contribution in [1.82, 2.24) is 0 Å². The lowest BCUT2D eigenvalue weighted by Gasteiger charge is -2.08. The fourth-order valence-corrected chi connectivity index (χ4v) is 2.25. The van der Waals surface area contributed by atoms with E-state index in [1.54, 1.807) is 18.2 Å². The maximum atomic E-state index is 12.3. The average molecular weight is 284 g/mol. The Balaban J connectivity index is 2.35. The Morgan fingerprint density at radius 1 is 1.05 bits per heavy atom. The number of hydrogen-bond acceptors (Lipinski definition) is 5. The highest BCUT2D eigenvalue weighted by molar-refractivity contribution is 5.85. The number of methoxy groups -OCH3 is 1. The molecular formula is C16H12O5. The zero-order valence-electron chi connectivity index (χ0n) is 11.2. The fourth-order valence-electron chi connectivity index (χ4n) is 2.25. The Bertz CT molecular complexity index is 859. The molecule has 0 aliphatic carbocycles. The summed E-state index contributed by atoms with van der Waals surface area (Å²) in [7, 11) is 1.47. The van der Waals surface area contributed by atoms with Crippen molar-refractivity contribution in [3.63, 3.8) is 0 Å². The first kappa shape index (κ1) is 13.1. The van der Waals surface area contributed by atoms with Gasteiger partial charge in [0, 0.05) is 6.07 Å². The van der Waals surface area contributed by atoms with Crippen LogP contribution >= 0.6 is 0 Å². The Morgan fingerprint density at radius 2 is 1.71 bits per heavy atom. The van der Waals surface area contributed by atoms with Gasteiger partial charge in [0.05, 0.1) is 7.11 Å². The summed E-state index contributed by atoms with van der Waals surface area (Å²) in [4.78, 5) is 12.3. The molecule has 2 aromatic carbocycles. The molecule has 3 rings (SSSR count). The van der Waals surface area contributed by atoms with Crippen molar-refractivity contribution in [3.8, 4) is 28.6 Å². The third-order valence-corrected chi connectivity index (χ3v) is 3.20. The van der Waals surface area contributed by atoms with Crippen molar-refractivity contribution in [1.29, 1.82) is 0 Å². The maximum absolute atomic E-state index is 12.3. The molecule has 3 aromatic rings. The molecule has 0 amide bonds. The van der Waals surface area contributed by atoms with Crippen LogP contribution in [0.3, 0.4) is 0 Å². The van der Waals surface area contributed by atoms with Crippen LogP contribution in [0.25, 0.3) is 22.3 Å². The van der Waals surface area contributed by atoms with E-state index in [9.17, 15) is 15.0 Å². The highest BCUT2D eigenvalue weighted by atomic mass is 16.5. The van der Waals surface area contributed by atoms with Gasteiger partial charge in [-0.25, -0.2) is 0 Å². The third kappa shape index (κ3) is 2.08. The van der Waals surface area contributed by atoms with Crippen LogP contribution in [0.2, 0.25) is 0 Å². The first-order chi connectivity index (χ1) is 10.1. The van der Waals surface area contributed by atoms with Crippen molar-refractivity contribution in [2.45, 2.75) is 0 Å². The molecule has 0 atom stereocenters. The first-order valence-electron chi connectivity index (χ1n) is 6.24. The van der Waals surface area contributed by atoms with Gasteiger partial charge in [0.25, 0.3) is 0 Å². The van der Waals surface area contributed by atoms with Gasteiger partial charge in [0.2, 0.25) is 0 Å². The lowest BCUT2D eigenvalue weighted by molar-refractivity contribution is 0.418. The standard InChI is InChI=1S/C16H12O5/c1-20-12-6-3-7-13-16(12)11(19)8-14(21-13)15-9(17)4-2-5-10(15)18/h2-8,17-18H,1H3. The summed E-state index contributed by atoms with van der Waals surface area (Å²) < 4.78 is 10.8. The van der Waals surface area contributed by atoms with Crippen LogP contribution in [0.1, 0.15) is 0 Å². The van der Waals surface area contributed by atoms with Crippen LogP contribution in [0.15, 0.2) is 51.7 Å². The lowest BCUT2D eigenvalue weighted by Crippen LogP contribution is -2.02. The van der Waals surface area contributed by atoms with Crippen molar-refractivity contribution in [2.24, 2.45) is 0 Å². The van der Waals surface area contributed by atoms with E-state index in [-0.39, 0.29) is 28.3 Å². The van der Waals surface area contributed by atoms with Crippen LogP contribution in [0.4, 0.5) is 0 Å². The molecule has 106 valence electrons. The molecule has 5 nitrogen and oxygen atoms in total. The van der Waals surface area contributed by atoms with Gasteiger partial charge in [-0.15, -0.1) is 0 Å². The number of rotatable bonds is 2. The minimum absolute atomic E-state index is 0.0827. The molecule has 1 aromatic heterocycles. The highest BCUT2D eigenvalue weighted by Crippen LogP contribution is 2.37. The Hall–Kier alpha value is -2.95. The molecule has 0 saturated heterocycles. The summed E-state index contributed by atoms with van der Waals surface area (Å²) in [6.07, 6.45) is 0. The Kier molecular flexibility index (Phi) is 3.02. The normalized spacial score (nSPS) is 10.7. The van der Waals surface area contributed by atoms with Crippen LogP contribution in [-0.4, -0.2) is 17.3 Å². The summed E-state index contributed by atoms with van der Waals surface area (Å²) in [6, 6.07) is 10.5. The molecule has 21 heavy (non-hydrogen) atoms. The van der Waals surface area contributed by atoms with E-state index in [0.717, 1.165) is 0 Å². The monoisotopic (exact) mass is 284 g/mol. The van der Waals surface area contributed by atoms with E-state index in [4.69, 9.17) is 9.15 Å². The number of benzene rings is 2. The number of aromatic hydroxyl groups is 2. The van der Waals surface area contributed by atoms with Crippen LogP contribution < -0.4 is 10.2 Å². The summed E-state index contributed by atoms with van der Waals surface area (Å²) >= 11 is 0. The number of phenols is 2. The van der Waals surface area contributed by atoms with Crippen molar-refractivity contribution in [3.05, 3.63) is 52.7 Å². The molecule has 0 fully saturated rings. The van der Waals surface area contributed by atoms with E-state index in [0.29, 0.717) is 16.7 Å². The fraction of sp³-hybridized carbons (Fsp3) is 0.0625. The molecule has 0 spiro atoms. The summed E-state index contributed by atoms with van der Waals surface area (Å²) in [5.41, 5.74) is 0.0881. The topological polar surface area (TPSA) is 79.9 Å². The second-order valence-electron chi connectivity index (χ2n) is 4.48. The Labute approximate surface area is 119 Å². The molecule has 5 heteroatoms. The predicted molar refractivity (Wildman–Crippen MR) is 77.8 cm³/mol. The molecule has 2 N–H and O–H groups in total. The van der Waals surface area contributed by atoms with Crippen molar-refractivity contribution in [2.75, 3.05) is 7.11 Å². The van der Waals surface area contributed by atoms with Gasteiger partial charge >= 0.3 is 0 Å². The number of fused-ring (bicyclic) bond motifs is 1. The minimum Gasteiger partial charge on any atom is -0.507 e. The number of ether oxygens (including phenoxy) is 1. The van der Waals surface area contributed by atoms with E-state index in [1.807, 2.05) is 0 Å². The Morgan fingerprint density at radius 3 is 2.38 bits per heavy atom. The zero-order chi connectivity index (χ0) is 15.0. The zero-order valence-corrected chi connectivity index (χ0v) is 11.2.